The van der Waals surface area contributed by atoms with Gasteiger partial charge >= 0.3 is 11.9 Å². The third-order valence-corrected chi connectivity index (χ3v) is 10.7. The van der Waals surface area contributed by atoms with Gasteiger partial charge in [0.05, 0.1) is 0 Å². The smallest absolute Gasteiger partial charge is 0.380 e. The minimum atomic E-state index is -3.64. The molecule has 6 heteroatoms. The van der Waals surface area contributed by atoms with Crippen LogP contribution in [-0.2, 0) is 14.0 Å². The van der Waals surface area contributed by atoms with Crippen molar-refractivity contribution in [3.8, 4) is 0 Å². The van der Waals surface area contributed by atoms with Crippen molar-refractivity contribution < 1.29 is 22.7 Å². The minimum absolute atomic E-state index is 0.0455. The Bertz CT molecular complexity index is 868. The summed E-state index contributed by atoms with van der Waals surface area (Å²) in [6.45, 7) is 10.2. The van der Waals surface area contributed by atoms with E-state index in [-0.39, 0.29) is 34.8 Å². The van der Waals surface area contributed by atoms with Crippen molar-refractivity contribution in [2.24, 2.45) is 34.5 Å². The molecular formula is C28H42F2O3Si. The number of esters is 1. The second-order valence-electron chi connectivity index (χ2n) is 11.8. The van der Waals surface area contributed by atoms with Gasteiger partial charge in [-0.3, -0.25) is 0 Å². The standard InChI is InChI=1S/C28H42F2O3Si/c1-5-16-32-25(31)28(29,30)24(33-34)17-18(2)21-11-12-22-20-10-9-19-8-6-7-14-26(19,3)23(20)13-15-27(21,22)4/h5,9-10,18,21-24H,1,6-8,11-17H2,2-4,34H3/t18-,21-,22+,23+,24?,26+,27-/m1/s1. The molecule has 3 fully saturated rings. The molecule has 7 atom stereocenters. The second kappa shape index (κ2) is 9.65. The zero-order chi connectivity index (χ0) is 24.7. The first kappa shape index (κ1) is 25.8. The van der Waals surface area contributed by atoms with Gasteiger partial charge in [-0.05, 0) is 85.9 Å². The van der Waals surface area contributed by atoms with Gasteiger partial charge in [0.1, 0.15) is 23.2 Å². The SMILES string of the molecule is C=CCOC(=O)C(F)(F)C(C[C@@H](C)[C@H]1CC[C@H]2C3=CC=C4CCCC[C@]4(C)[C@H]3CC[C@]12C)O[SiH3]. The molecule has 4 aliphatic rings. The molecule has 190 valence electrons. The topological polar surface area (TPSA) is 35.5 Å². The quantitative estimate of drug-likeness (QED) is 0.239. The molecule has 3 saturated carbocycles. The molecule has 0 amide bonds. The maximum absolute atomic E-state index is 14.9. The van der Waals surface area contributed by atoms with Crippen molar-refractivity contribution >= 4 is 16.5 Å². The molecule has 1 unspecified atom stereocenters. The fourth-order valence-corrected chi connectivity index (χ4v) is 8.76. The van der Waals surface area contributed by atoms with Crippen LogP contribution in [0.15, 0.2) is 36.0 Å². The van der Waals surface area contributed by atoms with Crippen molar-refractivity contribution in [2.45, 2.75) is 90.6 Å². The summed E-state index contributed by atoms with van der Waals surface area (Å²) in [4.78, 5) is 12.0. The van der Waals surface area contributed by atoms with Gasteiger partial charge < -0.3 is 9.16 Å². The number of fused-ring (bicyclic) bond motifs is 5. The summed E-state index contributed by atoms with van der Waals surface area (Å²) in [5.41, 5.74) is 3.71. The van der Waals surface area contributed by atoms with Gasteiger partial charge in [0.15, 0.2) is 0 Å². The Morgan fingerprint density at radius 3 is 2.71 bits per heavy atom. The minimum Gasteiger partial charge on any atom is -0.457 e. The Hall–Kier alpha value is -1.27. The Balaban J connectivity index is 1.51. The number of carbonyl (C=O) groups is 1. The normalized spacial score (nSPS) is 36.9. The molecule has 4 rings (SSSR count). The van der Waals surface area contributed by atoms with Crippen LogP contribution in [0, 0.1) is 34.5 Å². The van der Waals surface area contributed by atoms with Gasteiger partial charge in [-0.15, -0.1) is 0 Å². The molecule has 34 heavy (non-hydrogen) atoms. The molecule has 4 aliphatic carbocycles. The Morgan fingerprint density at radius 2 is 2.00 bits per heavy atom. The molecule has 3 nitrogen and oxygen atoms in total. The number of allylic oxidation sites excluding steroid dienone is 4. The van der Waals surface area contributed by atoms with Gasteiger partial charge in [-0.2, -0.15) is 8.78 Å². The molecule has 0 radical (unpaired) electrons. The summed E-state index contributed by atoms with van der Waals surface area (Å²) in [5.74, 6) is -3.58. The van der Waals surface area contributed by atoms with Gasteiger partial charge in [0.25, 0.3) is 0 Å². The lowest BCUT2D eigenvalue weighted by molar-refractivity contribution is -0.186. The van der Waals surface area contributed by atoms with Crippen molar-refractivity contribution in [3.63, 3.8) is 0 Å². The predicted octanol–water partition coefficient (Wildman–Crippen LogP) is 5.93. The van der Waals surface area contributed by atoms with E-state index in [1.165, 1.54) is 38.2 Å². The Morgan fingerprint density at radius 1 is 1.24 bits per heavy atom. The van der Waals surface area contributed by atoms with Crippen LogP contribution < -0.4 is 0 Å². The van der Waals surface area contributed by atoms with Gasteiger partial charge in [0, 0.05) is 0 Å². The summed E-state index contributed by atoms with van der Waals surface area (Å²) in [7, 11) is 0.146. The molecule has 0 spiro atoms. The number of alkyl halides is 2. The first-order valence-electron chi connectivity index (χ1n) is 13.2. The number of hydrogen-bond acceptors (Lipinski definition) is 3. The van der Waals surface area contributed by atoms with Crippen molar-refractivity contribution in [1.29, 1.82) is 0 Å². The van der Waals surface area contributed by atoms with Crippen LogP contribution in [0.3, 0.4) is 0 Å². The summed E-state index contributed by atoms with van der Waals surface area (Å²) >= 11 is 0. The molecule has 0 saturated heterocycles. The van der Waals surface area contributed by atoms with Crippen LogP contribution in [-0.4, -0.2) is 35.1 Å². The lowest BCUT2D eigenvalue weighted by atomic mass is 9.50. The number of halogens is 2. The predicted molar refractivity (Wildman–Crippen MR) is 134 cm³/mol. The van der Waals surface area contributed by atoms with Crippen molar-refractivity contribution in [2.75, 3.05) is 6.61 Å². The van der Waals surface area contributed by atoms with Gasteiger partial charge in [0.2, 0.25) is 0 Å². The van der Waals surface area contributed by atoms with E-state index in [2.05, 4.69) is 44.2 Å². The Labute approximate surface area is 207 Å². The first-order chi connectivity index (χ1) is 16.1. The monoisotopic (exact) mass is 492 g/mol. The van der Waals surface area contributed by atoms with E-state index in [0.29, 0.717) is 23.2 Å². The number of rotatable bonds is 8. The lowest BCUT2D eigenvalue weighted by Gasteiger charge is -2.55. The van der Waals surface area contributed by atoms with Crippen LogP contribution in [0.2, 0.25) is 0 Å². The maximum Gasteiger partial charge on any atom is 0.380 e. The van der Waals surface area contributed by atoms with Crippen LogP contribution in [0.5, 0.6) is 0 Å². The third-order valence-electron chi connectivity index (χ3n) is 10.1. The fraction of sp³-hybridized carbons (Fsp3) is 0.750. The van der Waals surface area contributed by atoms with E-state index in [9.17, 15) is 13.6 Å². The summed E-state index contributed by atoms with van der Waals surface area (Å²) in [5, 5.41) is 0. The average molecular weight is 493 g/mol. The molecule has 0 aromatic heterocycles. The number of carbonyl (C=O) groups excluding carboxylic acids is 1. The molecule has 0 N–H and O–H groups in total. The largest absolute Gasteiger partial charge is 0.457 e. The average Bonchev–Trinajstić information content (AvgIpc) is 3.17. The molecule has 0 aromatic rings. The highest BCUT2D eigenvalue weighted by Gasteiger charge is 2.57. The highest BCUT2D eigenvalue weighted by atomic mass is 28.2. The number of ether oxygens (including phenoxy) is 1. The summed E-state index contributed by atoms with van der Waals surface area (Å²) in [6.07, 6.45) is 14.6. The first-order valence-corrected chi connectivity index (χ1v) is 14.0. The van der Waals surface area contributed by atoms with Gasteiger partial charge in [-0.1, -0.05) is 63.1 Å². The molecule has 0 heterocycles. The fourth-order valence-electron chi connectivity index (χ4n) is 8.27. The highest BCUT2D eigenvalue weighted by Crippen LogP contribution is 2.66. The van der Waals surface area contributed by atoms with Crippen molar-refractivity contribution in [3.05, 3.63) is 36.0 Å². The van der Waals surface area contributed by atoms with E-state index >= 15 is 0 Å². The Kier molecular flexibility index (Phi) is 7.32. The van der Waals surface area contributed by atoms with E-state index in [0.717, 1.165) is 19.3 Å². The molecule has 0 aromatic carbocycles. The third kappa shape index (κ3) is 4.17. The molecular weight excluding hydrogens is 450 g/mol. The summed E-state index contributed by atoms with van der Waals surface area (Å²) < 4.78 is 39.7. The van der Waals surface area contributed by atoms with Crippen molar-refractivity contribution in [1.82, 2.24) is 0 Å². The maximum atomic E-state index is 14.9. The number of hydrogen-bond donors (Lipinski definition) is 0. The lowest BCUT2D eigenvalue weighted by Crippen LogP contribution is -2.47. The van der Waals surface area contributed by atoms with E-state index < -0.39 is 18.0 Å². The van der Waals surface area contributed by atoms with Crippen LogP contribution in [0.1, 0.15) is 78.6 Å². The molecule has 0 bridgehead atoms. The van der Waals surface area contributed by atoms with Crippen LogP contribution >= 0.6 is 0 Å². The summed E-state index contributed by atoms with van der Waals surface area (Å²) in [6, 6.07) is 0. The van der Waals surface area contributed by atoms with E-state index in [1.807, 2.05) is 0 Å². The zero-order valence-corrected chi connectivity index (χ0v) is 23.4. The van der Waals surface area contributed by atoms with E-state index in [1.54, 1.807) is 11.1 Å². The van der Waals surface area contributed by atoms with E-state index in [4.69, 9.17) is 4.43 Å². The van der Waals surface area contributed by atoms with Gasteiger partial charge in [-0.25, -0.2) is 4.79 Å². The van der Waals surface area contributed by atoms with Crippen LogP contribution in [0.25, 0.3) is 0 Å². The zero-order valence-electron chi connectivity index (χ0n) is 21.4. The second-order valence-corrected chi connectivity index (χ2v) is 12.2. The highest BCUT2D eigenvalue weighted by molar-refractivity contribution is 5.98. The van der Waals surface area contributed by atoms with Crippen LogP contribution in [0.4, 0.5) is 8.78 Å². The molecule has 0 aliphatic heterocycles.